The molecule has 8 heteroatoms. The van der Waals surface area contributed by atoms with Crippen molar-refractivity contribution >= 4 is 44.9 Å². The number of fused-ring (bicyclic) bond motifs is 2. The number of aryl methyl sites for hydroxylation is 2. The first-order valence-electron chi connectivity index (χ1n) is 10.6. The van der Waals surface area contributed by atoms with Crippen LogP contribution in [-0.4, -0.2) is 21.2 Å². The molecular weight excluding hydrogens is 452 g/mol. The van der Waals surface area contributed by atoms with Crippen molar-refractivity contribution in [1.82, 2.24) is 9.55 Å². The number of hydrogen-bond donors (Lipinski definition) is 1. The van der Waals surface area contributed by atoms with Crippen molar-refractivity contribution in [3.05, 3.63) is 80.5 Å². The van der Waals surface area contributed by atoms with Gasteiger partial charge in [0.1, 0.15) is 11.1 Å². The summed E-state index contributed by atoms with van der Waals surface area (Å²) in [7, 11) is 0. The average Bonchev–Trinajstić information content (AvgIpc) is 3.39. The average molecular weight is 473 g/mol. The van der Waals surface area contributed by atoms with Crippen LogP contribution in [0.1, 0.15) is 28.0 Å². The zero-order valence-corrected chi connectivity index (χ0v) is 19.6. The number of amides is 1. The van der Waals surface area contributed by atoms with E-state index in [4.69, 9.17) is 0 Å². The van der Waals surface area contributed by atoms with Crippen LogP contribution < -0.4 is 10.9 Å². The Kier molecular flexibility index (Phi) is 5.75. The molecule has 2 aromatic carbocycles. The van der Waals surface area contributed by atoms with Gasteiger partial charge in [-0.25, -0.2) is 4.98 Å². The number of rotatable bonds is 5. The quantitative estimate of drug-likeness (QED) is 0.331. The molecule has 33 heavy (non-hydrogen) atoms. The van der Waals surface area contributed by atoms with Crippen molar-refractivity contribution in [2.24, 2.45) is 0 Å². The molecule has 0 spiro atoms. The number of benzene rings is 2. The fourth-order valence-electron chi connectivity index (χ4n) is 4.03. The van der Waals surface area contributed by atoms with Gasteiger partial charge in [-0.05, 0) is 56.0 Å². The van der Waals surface area contributed by atoms with Gasteiger partial charge < -0.3 is 5.32 Å². The van der Waals surface area contributed by atoms with Crippen molar-refractivity contribution in [2.45, 2.75) is 31.3 Å². The lowest BCUT2D eigenvalue weighted by atomic mass is 10.1. The second kappa shape index (κ2) is 8.85. The number of carbonyl (C=O) groups is 1. The predicted octanol–water partition coefficient (Wildman–Crippen LogP) is 4.85. The summed E-state index contributed by atoms with van der Waals surface area (Å²) in [5.41, 5.74) is 3.88. The number of hydrogen-bond acceptors (Lipinski definition) is 6. The smallest absolute Gasteiger partial charge is 0.266 e. The number of anilines is 1. The summed E-state index contributed by atoms with van der Waals surface area (Å²) >= 11 is 2.70. The number of aromatic nitrogens is 2. The molecule has 0 radical (unpaired) electrons. The second-order valence-electron chi connectivity index (χ2n) is 7.90. The Morgan fingerprint density at radius 3 is 2.79 bits per heavy atom. The topological polar surface area (TPSA) is 87.8 Å². The van der Waals surface area contributed by atoms with Crippen LogP contribution in [0.4, 0.5) is 5.00 Å². The third-order valence-corrected chi connectivity index (χ3v) is 7.80. The Balaban J connectivity index is 1.45. The first kappa shape index (κ1) is 21.4. The van der Waals surface area contributed by atoms with Crippen LogP contribution in [0.3, 0.4) is 0 Å². The third kappa shape index (κ3) is 4.06. The first-order valence-corrected chi connectivity index (χ1v) is 12.4. The Morgan fingerprint density at radius 2 is 2.00 bits per heavy atom. The van der Waals surface area contributed by atoms with Crippen molar-refractivity contribution < 1.29 is 4.79 Å². The molecule has 1 aliphatic rings. The molecule has 6 nitrogen and oxygen atoms in total. The lowest BCUT2D eigenvalue weighted by Crippen LogP contribution is -2.23. The van der Waals surface area contributed by atoms with Gasteiger partial charge in [-0.1, -0.05) is 41.6 Å². The van der Waals surface area contributed by atoms with E-state index in [-0.39, 0.29) is 17.2 Å². The van der Waals surface area contributed by atoms with Crippen LogP contribution in [0.15, 0.2) is 58.5 Å². The van der Waals surface area contributed by atoms with E-state index in [0.29, 0.717) is 32.3 Å². The van der Waals surface area contributed by atoms with Gasteiger partial charge >= 0.3 is 0 Å². The zero-order valence-electron chi connectivity index (χ0n) is 17.9. The third-order valence-electron chi connectivity index (χ3n) is 5.66. The molecule has 0 aliphatic heterocycles. The molecule has 4 aromatic rings. The Labute approximate surface area is 198 Å². The molecule has 5 rings (SSSR count). The van der Waals surface area contributed by atoms with Crippen LogP contribution >= 0.6 is 23.1 Å². The Hall–Kier alpha value is -3.41. The summed E-state index contributed by atoms with van der Waals surface area (Å²) in [5.74, 6) is -0.154. The minimum atomic E-state index is -0.228. The van der Waals surface area contributed by atoms with E-state index in [2.05, 4.69) is 16.4 Å². The number of carbonyl (C=O) groups excluding carboxylic acids is 1. The van der Waals surface area contributed by atoms with Crippen LogP contribution in [0.5, 0.6) is 0 Å². The van der Waals surface area contributed by atoms with Crippen molar-refractivity contribution in [1.29, 1.82) is 5.26 Å². The highest BCUT2D eigenvalue weighted by Crippen LogP contribution is 2.38. The first-order chi connectivity index (χ1) is 16.0. The SMILES string of the molecule is Cc1ccc(-n2c(SCC(=O)Nc3sc4c(c3C#N)CCC4)nc3ccccc3c2=O)cc1. The maximum Gasteiger partial charge on any atom is 0.266 e. The van der Waals surface area contributed by atoms with Gasteiger partial charge in [-0.2, -0.15) is 5.26 Å². The molecule has 0 fully saturated rings. The molecule has 164 valence electrons. The molecule has 1 N–H and O–H groups in total. The number of nitriles is 1. The highest BCUT2D eigenvalue weighted by atomic mass is 32.2. The van der Waals surface area contributed by atoms with E-state index < -0.39 is 0 Å². The van der Waals surface area contributed by atoms with E-state index in [9.17, 15) is 14.9 Å². The van der Waals surface area contributed by atoms with Gasteiger partial charge in [0.25, 0.3) is 5.56 Å². The molecule has 0 atom stereocenters. The van der Waals surface area contributed by atoms with Crippen molar-refractivity contribution in [3.63, 3.8) is 0 Å². The van der Waals surface area contributed by atoms with Gasteiger partial charge in [0.05, 0.1) is 27.9 Å². The number of nitrogens with one attached hydrogen (secondary N) is 1. The number of para-hydroxylation sites is 1. The number of nitrogens with zero attached hydrogens (tertiary/aromatic N) is 3. The summed E-state index contributed by atoms with van der Waals surface area (Å²) in [4.78, 5) is 32.0. The summed E-state index contributed by atoms with van der Waals surface area (Å²) < 4.78 is 1.56. The summed E-state index contributed by atoms with van der Waals surface area (Å²) in [6.07, 6.45) is 2.91. The maximum absolute atomic E-state index is 13.3. The van der Waals surface area contributed by atoms with Crippen LogP contribution in [-0.2, 0) is 17.6 Å². The zero-order chi connectivity index (χ0) is 22.9. The van der Waals surface area contributed by atoms with Gasteiger partial charge in [0.15, 0.2) is 5.16 Å². The van der Waals surface area contributed by atoms with E-state index in [1.807, 2.05) is 43.3 Å². The monoisotopic (exact) mass is 472 g/mol. The van der Waals surface area contributed by atoms with Gasteiger partial charge in [-0.15, -0.1) is 11.3 Å². The normalized spacial score (nSPS) is 12.5. The molecule has 2 aromatic heterocycles. The highest BCUT2D eigenvalue weighted by molar-refractivity contribution is 7.99. The minimum absolute atomic E-state index is 0.0735. The van der Waals surface area contributed by atoms with Gasteiger partial charge in [0, 0.05) is 4.88 Å². The van der Waals surface area contributed by atoms with Crippen molar-refractivity contribution in [3.8, 4) is 11.8 Å². The molecule has 2 heterocycles. The molecule has 1 aliphatic carbocycles. The number of thioether (sulfide) groups is 1. The molecule has 0 saturated heterocycles. The lowest BCUT2D eigenvalue weighted by molar-refractivity contribution is -0.113. The molecule has 0 saturated carbocycles. The van der Waals surface area contributed by atoms with E-state index >= 15 is 0 Å². The summed E-state index contributed by atoms with van der Waals surface area (Å²) in [5, 5.41) is 14.1. The maximum atomic E-state index is 13.3. The van der Waals surface area contributed by atoms with Gasteiger partial charge in [0.2, 0.25) is 5.91 Å². The van der Waals surface area contributed by atoms with E-state index in [0.717, 1.165) is 30.4 Å². The van der Waals surface area contributed by atoms with Crippen LogP contribution in [0.2, 0.25) is 0 Å². The Bertz CT molecular complexity index is 1480. The van der Waals surface area contributed by atoms with E-state index in [1.165, 1.54) is 28.0 Å². The molecule has 1 amide bonds. The van der Waals surface area contributed by atoms with E-state index in [1.54, 1.807) is 16.7 Å². The highest BCUT2D eigenvalue weighted by Gasteiger charge is 2.23. The van der Waals surface area contributed by atoms with Crippen LogP contribution in [0, 0.1) is 18.3 Å². The van der Waals surface area contributed by atoms with Crippen LogP contribution in [0.25, 0.3) is 16.6 Å². The fraction of sp³-hybridized carbons (Fsp3) is 0.200. The minimum Gasteiger partial charge on any atom is -0.316 e. The fourth-order valence-corrected chi connectivity index (χ4v) is 6.10. The lowest BCUT2D eigenvalue weighted by Gasteiger charge is -2.13. The Morgan fingerprint density at radius 1 is 1.21 bits per heavy atom. The predicted molar refractivity (Wildman–Crippen MR) is 132 cm³/mol. The standard InChI is InChI=1S/C25H20N4O2S2/c1-15-9-11-16(12-10-15)29-24(31)18-5-2-3-7-20(18)27-25(29)32-14-22(30)28-23-19(13-26)17-6-4-8-21(17)33-23/h2-3,5,7,9-12H,4,6,8,14H2,1H3,(H,28,30). The molecule has 0 unspecified atom stereocenters. The molecular formula is C25H20N4O2S2. The number of thiophene rings is 1. The summed E-state index contributed by atoms with van der Waals surface area (Å²) in [6.45, 7) is 1.99. The largest absolute Gasteiger partial charge is 0.316 e. The van der Waals surface area contributed by atoms with Crippen molar-refractivity contribution in [2.75, 3.05) is 11.1 Å². The molecule has 0 bridgehead atoms. The summed E-state index contributed by atoms with van der Waals surface area (Å²) in [6, 6.07) is 17.1. The van der Waals surface area contributed by atoms with Gasteiger partial charge in [-0.3, -0.25) is 14.2 Å². The second-order valence-corrected chi connectivity index (χ2v) is 9.95.